The van der Waals surface area contributed by atoms with E-state index in [4.69, 9.17) is 22.1 Å². The van der Waals surface area contributed by atoms with Crippen LogP contribution in [0.4, 0.5) is 11.5 Å². The van der Waals surface area contributed by atoms with Crippen LogP contribution in [0.15, 0.2) is 0 Å². The highest BCUT2D eigenvalue weighted by Gasteiger charge is 2.22. The normalized spacial score (nSPS) is 20.0. The van der Waals surface area contributed by atoms with Gasteiger partial charge in [-0.3, -0.25) is 0 Å². The van der Waals surface area contributed by atoms with E-state index in [-0.39, 0.29) is 11.3 Å². The Labute approximate surface area is 99.4 Å². The van der Waals surface area contributed by atoms with E-state index in [9.17, 15) is 0 Å². The third-order valence-corrected chi connectivity index (χ3v) is 2.77. The molecule has 1 aromatic heterocycles. The summed E-state index contributed by atoms with van der Waals surface area (Å²) in [4.78, 5) is 8.51. The zero-order chi connectivity index (χ0) is 11.5. The standard InChI is InChI=1S/C10H15ClN4O/c1-2-13-10-7(12)8(11)14-9(15-10)6-4-3-5-16-6/h6H,2-5,12H2,1H3,(H,13,14,15). The SMILES string of the molecule is CCNc1nc(C2CCCO2)nc(Cl)c1N. The predicted molar refractivity (Wildman–Crippen MR) is 63.5 cm³/mol. The minimum atomic E-state index is -0.0458. The zero-order valence-corrected chi connectivity index (χ0v) is 9.92. The van der Waals surface area contributed by atoms with Gasteiger partial charge in [0.25, 0.3) is 0 Å². The summed E-state index contributed by atoms with van der Waals surface area (Å²) >= 11 is 5.96. The average Bonchev–Trinajstić information content (AvgIpc) is 2.78. The van der Waals surface area contributed by atoms with Crippen LogP contribution in [0.1, 0.15) is 31.7 Å². The third-order valence-electron chi connectivity index (χ3n) is 2.48. The lowest BCUT2D eigenvalue weighted by Gasteiger charge is -2.12. The lowest BCUT2D eigenvalue weighted by Crippen LogP contribution is -2.10. The molecule has 16 heavy (non-hydrogen) atoms. The van der Waals surface area contributed by atoms with Gasteiger partial charge in [0.05, 0.1) is 0 Å². The number of halogens is 1. The highest BCUT2D eigenvalue weighted by atomic mass is 35.5. The molecule has 0 aromatic carbocycles. The Morgan fingerprint density at radius 1 is 1.56 bits per heavy atom. The van der Waals surface area contributed by atoms with Crippen LogP contribution in [-0.4, -0.2) is 23.1 Å². The van der Waals surface area contributed by atoms with Gasteiger partial charge in [-0.2, -0.15) is 0 Å². The highest BCUT2D eigenvalue weighted by Crippen LogP contribution is 2.31. The largest absolute Gasteiger partial charge is 0.393 e. The molecule has 88 valence electrons. The van der Waals surface area contributed by atoms with Crippen LogP contribution >= 0.6 is 11.6 Å². The van der Waals surface area contributed by atoms with E-state index in [0.717, 1.165) is 26.0 Å². The molecule has 2 heterocycles. The molecule has 1 atom stereocenters. The number of rotatable bonds is 3. The third kappa shape index (κ3) is 2.20. The Kier molecular flexibility index (Phi) is 3.46. The summed E-state index contributed by atoms with van der Waals surface area (Å²) < 4.78 is 5.51. The quantitative estimate of drug-likeness (QED) is 0.793. The second-order valence-corrected chi connectivity index (χ2v) is 4.02. The van der Waals surface area contributed by atoms with Gasteiger partial charge in [0.1, 0.15) is 11.8 Å². The van der Waals surface area contributed by atoms with Crippen molar-refractivity contribution in [1.82, 2.24) is 9.97 Å². The molecular formula is C10H15ClN4O. The van der Waals surface area contributed by atoms with Gasteiger partial charge in [-0.15, -0.1) is 0 Å². The molecule has 1 saturated heterocycles. The maximum absolute atomic E-state index is 5.96. The highest BCUT2D eigenvalue weighted by molar-refractivity contribution is 6.32. The van der Waals surface area contributed by atoms with E-state index >= 15 is 0 Å². The number of nitrogens with zero attached hydrogens (tertiary/aromatic N) is 2. The molecule has 0 bridgehead atoms. The molecule has 3 N–H and O–H groups in total. The lowest BCUT2D eigenvalue weighted by molar-refractivity contribution is 0.105. The molecule has 2 rings (SSSR count). The van der Waals surface area contributed by atoms with E-state index in [0.29, 0.717) is 17.3 Å². The van der Waals surface area contributed by atoms with Crippen LogP contribution in [-0.2, 0) is 4.74 Å². The van der Waals surface area contributed by atoms with Gasteiger partial charge < -0.3 is 15.8 Å². The second-order valence-electron chi connectivity index (χ2n) is 3.67. The Hall–Kier alpha value is -1.07. The number of nitrogens with one attached hydrogen (secondary N) is 1. The molecule has 0 aliphatic carbocycles. The molecule has 1 aliphatic rings. The second kappa shape index (κ2) is 4.84. The molecule has 0 amide bonds. The number of nitrogens with two attached hydrogens (primary N) is 1. The monoisotopic (exact) mass is 242 g/mol. The van der Waals surface area contributed by atoms with Gasteiger partial charge in [0, 0.05) is 13.2 Å². The number of nitrogen functional groups attached to an aromatic ring is 1. The first-order valence-corrected chi connectivity index (χ1v) is 5.78. The number of aromatic nitrogens is 2. The fraction of sp³-hybridized carbons (Fsp3) is 0.600. The molecule has 5 nitrogen and oxygen atoms in total. The van der Waals surface area contributed by atoms with Gasteiger partial charge >= 0.3 is 0 Å². The Morgan fingerprint density at radius 3 is 3.00 bits per heavy atom. The molecule has 1 aliphatic heterocycles. The fourth-order valence-corrected chi connectivity index (χ4v) is 1.86. The first kappa shape index (κ1) is 11.4. The van der Waals surface area contributed by atoms with Gasteiger partial charge in [0.15, 0.2) is 16.8 Å². The van der Waals surface area contributed by atoms with Gasteiger partial charge in [-0.1, -0.05) is 11.6 Å². The summed E-state index contributed by atoms with van der Waals surface area (Å²) in [5.74, 6) is 1.21. The first-order valence-electron chi connectivity index (χ1n) is 5.40. The molecule has 0 radical (unpaired) electrons. The van der Waals surface area contributed by atoms with E-state index in [1.807, 2.05) is 6.92 Å². The fourth-order valence-electron chi connectivity index (χ4n) is 1.69. The van der Waals surface area contributed by atoms with Crippen LogP contribution in [0.2, 0.25) is 5.15 Å². The number of hydrogen-bond acceptors (Lipinski definition) is 5. The summed E-state index contributed by atoms with van der Waals surface area (Å²) in [6, 6.07) is 0. The molecule has 0 spiro atoms. The topological polar surface area (TPSA) is 73.1 Å². The average molecular weight is 243 g/mol. The van der Waals surface area contributed by atoms with E-state index in [1.165, 1.54) is 0 Å². The maximum atomic E-state index is 5.96. The maximum Gasteiger partial charge on any atom is 0.161 e. The molecule has 1 unspecified atom stereocenters. The van der Waals surface area contributed by atoms with E-state index < -0.39 is 0 Å². The van der Waals surface area contributed by atoms with Gasteiger partial charge in [0.2, 0.25) is 0 Å². The van der Waals surface area contributed by atoms with Crippen LogP contribution in [0.25, 0.3) is 0 Å². The summed E-state index contributed by atoms with van der Waals surface area (Å²) in [5.41, 5.74) is 6.17. The van der Waals surface area contributed by atoms with Crippen molar-refractivity contribution in [2.75, 3.05) is 24.2 Å². The van der Waals surface area contributed by atoms with Crippen LogP contribution < -0.4 is 11.1 Å². The van der Waals surface area contributed by atoms with Crippen molar-refractivity contribution in [3.8, 4) is 0 Å². The van der Waals surface area contributed by atoms with Crippen LogP contribution in [0.5, 0.6) is 0 Å². The number of ether oxygens (including phenoxy) is 1. The van der Waals surface area contributed by atoms with Gasteiger partial charge in [-0.05, 0) is 19.8 Å². The summed E-state index contributed by atoms with van der Waals surface area (Å²) in [6.07, 6.45) is 1.92. The molecule has 6 heteroatoms. The van der Waals surface area contributed by atoms with Crippen molar-refractivity contribution in [2.45, 2.75) is 25.9 Å². The number of anilines is 2. The van der Waals surface area contributed by atoms with Crippen LogP contribution in [0, 0.1) is 0 Å². The lowest BCUT2D eigenvalue weighted by atomic mass is 10.2. The van der Waals surface area contributed by atoms with Crippen molar-refractivity contribution in [1.29, 1.82) is 0 Å². The summed E-state index contributed by atoms with van der Waals surface area (Å²) in [7, 11) is 0. The van der Waals surface area contributed by atoms with Crippen molar-refractivity contribution in [3.63, 3.8) is 0 Å². The smallest absolute Gasteiger partial charge is 0.161 e. The van der Waals surface area contributed by atoms with E-state index in [2.05, 4.69) is 15.3 Å². The van der Waals surface area contributed by atoms with Crippen molar-refractivity contribution in [2.24, 2.45) is 0 Å². The molecular weight excluding hydrogens is 228 g/mol. The van der Waals surface area contributed by atoms with Crippen LogP contribution in [0.3, 0.4) is 0 Å². The Balaban J connectivity index is 2.31. The first-order chi connectivity index (χ1) is 7.72. The minimum Gasteiger partial charge on any atom is -0.393 e. The number of hydrogen-bond donors (Lipinski definition) is 2. The Bertz CT molecular complexity index is 379. The van der Waals surface area contributed by atoms with Gasteiger partial charge in [-0.25, -0.2) is 9.97 Å². The zero-order valence-electron chi connectivity index (χ0n) is 9.16. The summed E-state index contributed by atoms with van der Waals surface area (Å²) in [5, 5.41) is 3.35. The molecule has 1 fully saturated rings. The Morgan fingerprint density at radius 2 is 2.38 bits per heavy atom. The molecule has 0 saturated carbocycles. The predicted octanol–water partition coefficient (Wildman–Crippen LogP) is 2.00. The van der Waals surface area contributed by atoms with Crippen molar-refractivity contribution >= 4 is 23.1 Å². The van der Waals surface area contributed by atoms with Crippen molar-refractivity contribution in [3.05, 3.63) is 11.0 Å². The summed E-state index contributed by atoms with van der Waals surface area (Å²) in [6.45, 7) is 3.47. The molecule has 1 aromatic rings. The minimum absolute atomic E-state index is 0.0458. The van der Waals surface area contributed by atoms with Crippen molar-refractivity contribution < 1.29 is 4.74 Å². The van der Waals surface area contributed by atoms with E-state index in [1.54, 1.807) is 0 Å².